The molecule has 1 radical (unpaired) electrons. The Hall–Kier alpha value is -3.17. The largest absolute Gasteiger partial charge is 2.00 e. The number of carboxylic acid groups (broad SMARTS) is 2. The Kier molecular flexibility index (Phi) is 17.9. The first-order valence-corrected chi connectivity index (χ1v) is 15.1. The van der Waals surface area contributed by atoms with Crippen molar-refractivity contribution < 1.29 is 46.8 Å². The molecule has 245 valence electrons. The number of nitrogens with zero attached hydrogens (tertiary/aromatic N) is 2. The minimum Gasteiger partial charge on any atom is -0.550 e. The standard InChI is InChI=1S/C31H44N2O2.2C2H4O2.Co/c1-18(2)22-12-24(30(34)26(14-22)20(5)6)16-32-28-10-9-11-29(28)33-17-25-13-23(19(3)4)15-27(21(7)8)31(25)35;2*1-2(3)4;/h12-21,28-29,34-35H,9-11H2,1-8H3;2*1H3,(H,3,4);/q;;;+2/p-2. The zero-order chi connectivity index (χ0) is 33.0. The molecule has 2 N–H and O–H groups in total. The van der Waals surface area contributed by atoms with Crippen LogP contribution < -0.4 is 10.2 Å². The Bertz CT molecular complexity index is 1180. The van der Waals surface area contributed by atoms with Crippen LogP contribution in [0.2, 0.25) is 0 Å². The fraction of sp³-hybridized carbons (Fsp3) is 0.543. The van der Waals surface area contributed by atoms with E-state index in [1.807, 2.05) is 12.4 Å². The van der Waals surface area contributed by atoms with Crippen LogP contribution in [-0.4, -0.2) is 46.7 Å². The summed E-state index contributed by atoms with van der Waals surface area (Å²) >= 11 is 0. The van der Waals surface area contributed by atoms with Gasteiger partial charge in [-0.1, -0.05) is 67.5 Å². The third kappa shape index (κ3) is 13.2. The van der Waals surface area contributed by atoms with Crippen molar-refractivity contribution >= 4 is 24.4 Å². The Labute approximate surface area is 273 Å². The molecule has 2 aromatic rings. The molecule has 0 aliphatic heterocycles. The molecular weight excluding hydrogens is 603 g/mol. The number of hydrogen-bond acceptors (Lipinski definition) is 8. The number of aliphatic carboxylic acids is 2. The third-order valence-electron chi connectivity index (χ3n) is 7.21. The van der Waals surface area contributed by atoms with Crippen molar-refractivity contribution in [3.05, 3.63) is 57.6 Å². The van der Waals surface area contributed by atoms with Gasteiger partial charge in [0.25, 0.3) is 0 Å². The number of aliphatic imine (C=N–C) groups is 2. The predicted octanol–water partition coefficient (Wildman–Crippen LogP) is 5.56. The summed E-state index contributed by atoms with van der Waals surface area (Å²) < 4.78 is 0. The fourth-order valence-electron chi connectivity index (χ4n) is 4.77. The zero-order valence-electron chi connectivity index (χ0n) is 27.8. The van der Waals surface area contributed by atoms with Gasteiger partial charge in [0.2, 0.25) is 0 Å². The summed E-state index contributed by atoms with van der Waals surface area (Å²) in [5.74, 6) is -0.238. The van der Waals surface area contributed by atoms with Crippen LogP contribution in [0.5, 0.6) is 11.5 Å². The second kappa shape index (κ2) is 19.3. The zero-order valence-corrected chi connectivity index (χ0v) is 28.8. The van der Waals surface area contributed by atoms with Crippen LogP contribution >= 0.6 is 0 Å². The van der Waals surface area contributed by atoms with Crippen LogP contribution in [-0.2, 0) is 26.4 Å². The number of aromatic hydroxyl groups is 2. The Morgan fingerprint density at radius 1 is 0.682 bits per heavy atom. The summed E-state index contributed by atoms with van der Waals surface area (Å²) in [6, 6.07) is 8.52. The van der Waals surface area contributed by atoms with E-state index in [9.17, 15) is 10.2 Å². The molecule has 44 heavy (non-hydrogen) atoms. The van der Waals surface area contributed by atoms with E-state index in [0.717, 1.165) is 55.4 Å². The Morgan fingerprint density at radius 2 is 0.977 bits per heavy atom. The van der Waals surface area contributed by atoms with Crippen molar-refractivity contribution in [2.24, 2.45) is 9.98 Å². The molecule has 0 heterocycles. The van der Waals surface area contributed by atoms with E-state index in [0.29, 0.717) is 23.3 Å². The molecule has 8 nitrogen and oxygen atoms in total. The van der Waals surface area contributed by atoms with Gasteiger partial charge in [-0.2, -0.15) is 0 Å². The van der Waals surface area contributed by atoms with Crippen molar-refractivity contribution in [3.63, 3.8) is 0 Å². The van der Waals surface area contributed by atoms with E-state index in [2.05, 4.69) is 79.7 Å². The molecule has 0 spiro atoms. The van der Waals surface area contributed by atoms with E-state index in [4.69, 9.17) is 29.8 Å². The maximum Gasteiger partial charge on any atom is 2.00 e. The number of phenolic OH excluding ortho intramolecular Hbond substituents is 2. The minimum atomic E-state index is -1.08. The Morgan fingerprint density at radius 3 is 1.23 bits per heavy atom. The number of phenols is 2. The number of rotatable bonds is 8. The molecule has 2 atom stereocenters. The third-order valence-corrected chi connectivity index (χ3v) is 7.21. The summed E-state index contributed by atoms with van der Waals surface area (Å²) in [5, 5.41) is 39.5. The quantitative estimate of drug-likeness (QED) is 0.357. The van der Waals surface area contributed by atoms with E-state index in [1.54, 1.807) is 0 Å². The summed E-state index contributed by atoms with van der Waals surface area (Å²) in [6.07, 6.45) is 6.73. The molecule has 1 aliphatic rings. The number of carbonyl (C=O) groups excluding carboxylic acids is 2. The summed E-state index contributed by atoms with van der Waals surface area (Å²) in [6.45, 7) is 19.1. The van der Waals surface area contributed by atoms with Crippen LogP contribution in [0.1, 0.15) is 146 Å². The second-order valence-electron chi connectivity index (χ2n) is 12.3. The van der Waals surface area contributed by atoms with Crippen molar-refractivity contribution in [3.8, 4) is 11.5 Å². The maximum atomic E-state index is 10.9. The molecule has 1 aliphatic carbocycles. The normalized spacial score (nSPS) is 16.2. The minimum absolute atomic E-state index is 0. The van der Waals surface area contributed by atoms with Crippen LogP contribution in [0.15, 0.2) is 34.3 Å². The van der Waals surface area contributed by atoms with Gasteiger partial charge in [0.1, 0.15) is 11.5 Å². The van der Waals surface area contributed by atoms with Gasteiger partial charge >= 0.3 is 16.8 Å². The molecule has 0 aromatic heterocycles. The molecule has 0 saturated heterocycles. The van der Waals surface area contributed by atoms with Gasteiger partial charge in [0, 0.05) is 35.5 Å². The van der Waals surface area contributed by atoms with Gasteiger partial charge in [-0.15, -0.1) is 0 Å². The molecule has 0 bridgehead atoms. The first kappa shape index (κ1) is 40.8. The average molecular weight is 654 g/mol. The van der Waals surface area contributed by atoms with E-state index >= 15 is 0 Å². The molecule has 2 unspecified atom stereocenters. The number of carbonyl (C=O) groups is 2. The maximum absolute atomic E-state index is 10.9. The van der Waals surface area contributed by atoms with E-state index in [1.165, 1.54) is 11.1 Å². The van der Waals surface area contributed by atoms with Crippen molar-refractivity contribution in [2.75, 3.05) is 0 Å². The topological polar surface area (TPSA) is 145 Å². The van der Waals surface area contributed by atoms with Gasteiger partial charge in [0.05, 0.1) is 12.1 Å². The molecule has 0 amide bonds. The van der Waals surface area contributed by atoms with Crippen LogP contribution in [0.25, 0.3) is 0 Å². The van der Waals surface area contributed by atoms with Crippen molar-refractivity contribution in [1.29, 1.82) is 0 Å². The summed E-state index contributed by atoms with van der Waals surface area (Å²) in [5.41, 5.74) is 5.96. The van der Waals surface area contributed by atoms with Crippen LogP contribution in [0, 0.1) is 0 Å². The van der Waals surface area contributed by atoms with Gasteiger partial charge in [-0.25, -0.2) is 0 Å². The van der Waals surface area contributed by atoms with E-state index in [-0.39, 0.29) is 40.7 Å². The van der Waals surface area contributed by atoms with Gasteiger partial charge in [0.15, 0.2) is 0 Å². The van der Waals surface area contributed by atoms with Crippen molar-refractivity contribution in [1.82, 2.24) is 0 Å². The number of benzene rings is 2. The summed E-state index contributed by atoms with van der Waals surface area (Å²) in [7, 11) is 0. The first-order chi connectivity index (χ1) is 20.0. The monoisotopic (exact) mass is 653 g/mol. The predicted molar refractivity (Wildman–Crippen MR) is 171 cm³/mol. The fourth-order valence-corrected chi connectivity index (χ4v) is 4.77. The number of hydrogen-bond donors (Lipinski definition) is 2. The molecular formula is C35H50CoN2O6. The van der Waals surface area contributed by atoms with Crippen LogP contribution in [0.4, 0.5) is 0 Å². The summed E-state index contributed by atoms with van der Waals surface area (Å²) in [4.78, 5) is 27.6. The molecule has 1 fully saturated rings. The van der Waals surface area contributed by atoms with Crippen LogP contribution in [0.3, 0.4) is 0 Å². The van der Waals surface area contributed by atoms with Crippen molar-refractivity contribution in [2.45, 2.75) is 124 Å². The van der Waals surface area contributed by atoms with Gasteiger partial charge < -0.3 is 30.0 Å². The molecule has 9 heteroatoms. The molecule has 3 rings (SSSR count). The Balaban J connectivity index is 0.00000183. The van der Waals surface area contributed by atoms with Gasteiger partial charge in [-0.05, 0) is 91.2 Å². The molecule has 2 aromatic carbocycles. The smallest absolute Gasteiger partial charge is 0.550 e. The second-order valence-corrected chi connectivity index (χ2v) is 12.3. The van der Waals surface area contributed by atoms with Gasteiger partial charge in [-0.3, -0.25) is 9.98 Å². The average Bonchev–Trinajstić information content (AvgIpc) is 3.33. The molecule has 1 saturated carbocycles. The van der Waals surface area contributed by atoms with E-state index < -0.39 is 11.9 Å². The first-order valence-electron chi connectivity index (χ1n) is 15.1. The number of carboxylic acids is 2. The SMILES string of the molecule is CC(=O)[O-].CC(=O)[O-].CC(C)c1cc(C=NC2CCCC2N=Cc2cc(C(C)C)cc(C(C)C)c2O)c(O)c(C(C)C)c1.[Co+2].